The molecule has 1 saturated heterocycles. The van der Waals surface area contributed by atoms with Gasteiger partial charge in [0.25, 0.3) is 5.69 Å². The van der Waals surface area contributed by atoms with Crippen molar-refractivity contribution in [3.63, 3.8) is 0 Å². The number of nitrogens with zero attached hydrogens (tertiary/aromatic N) is 3. The van der Waals surface area contributed by atoms with Crippen molar-refractivity contribution in [1.82, 2.24) is 4.98 Å². The van der Waals surface area contributed by atoms with Gasteiger partial charge in [-0.15, -0.1) is 0 Å². The Labute approximate surface area is 110 Å². The van der Waals surface area contributed by atoms with E-state index in [1.807, 2.05) is 11.8 Å². The minimum absolute atomic E-state index is 0.0375. The van der Waals surface area contributed by atoms with E-state index >= 15 is 0 Å². The smallest absolute Gasteiger partial charge is 0.276 e. The van der Waals surface area contributed by atoms with E-state index < -0.39 is 4.92 Å². The molecule has 1 unspecified atom stereocenters. The van der Waals surface area contributed by atoms with Gasteiger partial charge in [0, 0.05) is 13.1 Å². The standard InChI is InChI=1S/C11H14ClN3O3/c1-2-9-7-14(3-4-18-9)11-6-8(15(16)17)5-10(12)13-11/h5-6,9H,2-4,7H2,1H3. The quantitative estimate of drug-likeness (QED) is 0.479. The first kappa shape index (κ1) is 13.0. The Morgan fingerprint density at radius 1 is 1.67 bits per heavy atom. The summed E-state index contributed by atoms with van der Waals surface area (Å²) in [7, 11) is 0. The van der Waals surface area contributed by atoms with E-state index in [1.54, 1.807) is 0 Å². The minimum atomic E-state index is -0.463. The van der Waals surface area contributed by atoms with Crippen LogP contribution in [0.5, 0.6) is 0 Å². The van der Waals surface area contributed by atoms with Crippen LogP contribution in [0, 0.1) is 10.1 Å². The van der Waals surface area contributed by atoms with Gasteiger partial charge in [-0.1, -0.05) is 18.5 Å². The Bertz CT molecular complexity index is 455. The summed E-state index contributed by atoms with van der Waals surface area (Å²) in [6, 6.07) is 2.70. The first-order valence-corrected chi connectivity index (χ1v) is 6.16. The van der Waals surface area contributed by atoms with E-state index in [0.717, 1.165) is 6.42 Å². The van der Waals surface area contributed by atoms with Crippen molar-refractivity contribution in [1.29, 1.82) is 0 Å². The maximum absolute atomic E-state index is 10.8. The highest BCUT2D eigenvalue weighted by Gasteiger charge is 2.22. The van der Waals surface area contributed by atoms with Gasteiger partial charge >= 0.3 is 0 Å². The molecule has 0 saturated carbocycles. The zero-order valence-electron chi connectivity index (χ0n) is 10.0. The van der Waals surface area contributed by atoms with Gasteiger partial charge < -0.3 is 9.64 Å². The molecular formula is C11H14ClN3O3. The number of hydrogen-bond donors (Lipinski definition) is 0. The third kappa shape index (κ3) is 2.88. The van der Waals surface area contributed by atoms with E-state index in [2.05, 4.69) is 4.98 Å². The molecule has 18 heavy (non-hydrogen) atoms. The normalized spacial score (nSPS) is 19.9. The van der Waals surface area contributed by atoms with Crippen LogP contribution in [0.1, 0.15) is 13.3 Å². The highest BCUT2D eigenvalue weighted by atomic mass is 35.5. The summed E-state index contributed by atoms with van der Waals surface area (Å²) in [4.78, 5) is 16.4. The third-order valence-corrected chi connectivity index (χ3v) is 3.09. The van der Waals surface area contributed by atoms with Crippen molar-refractivity contribution in [2.45, 2.75) is 19.4 Å². The molecule has 1 aliphatic rings. The fraction of sp³-hybridized carbons (Fsp3) is 0.545. The number of hydrogen-bond acceptors (Lipinski definition) is 5. The Balaban J connectivity index is 2.24. The number of ether oxygens (including phenoxy) is 1. The van der Waals surface area contributed by atoms with Crippen LogP contribution in [0.3, 0.4) is 0 Å². The van der Waals surface area contributed by atoms with Crippen LogP contribution in [0.15, 0.2) is 12.1 Å². The molecule has 2 heterocycles. The molecule has 1 aromatic rings. The van der Waals surface area contributed by atoms with Gasteiger partial charge in [0.2, 0.25) is 0 Å². The molecule has 0 amide bonds. The average Bonchev–Trinajstić information content (AvgIpc) is 2.38. The lowest BCUT2D eigenvalue weighted by molar-refractivity contribution is -0.384. The van der Waals surface area contributed by atoms with Crippen LogP contribution < -0.4 is 4.90 Å². The van der Waals surface area contributed by atoms with Gasteiger partial charge in [-0.3, -0.25) is 10.1 Å². The van der Waals surface area contributed by atoms with E-state index in [9.17, 15) is 10.1 Å². The number of halogens is 1. The van der Waals surface area contributed by atoms with Crippen molar-refractivity contribution in [2.75, 3.05) is 24.6 Å². The molecule has 1 atom stereocenters. The molecule has 0 aromatic carbocycles. The second-order valence-corrected chi connectivity index (χ2v) is 4.50. The number of nitro groups is 1. The van der Waals surface area contributed by atoms with E-state index in [0.29, 0.717) is 25.5 Å². The maximum atomic E-state index is 10.8. The summed E-state index contributed by atoms with van der Waals surface area (Å²) in [5, 5.41) is 10.9. The molecule has 2 rings (SSSR count). The molecule has 7 heteroatoms. The van der Waals surface area contributed by atoms with Gasteiger partial charge in [-0.25, -0.2) is 4.98 Å². The third-order valence-electron chi connectivity index (χ3n) is 2.89. The lowest BCUT2D eigenvalue weighted by Gasteiger charge is -2.33. The van der Waals surface area contributed by atoms with Crippen molar-refractivity contribution in [3.8, 4) is 0 Å². The predicted octanol–water partition coefficient (Wildman–Crippen LogP) is 2.26. The van der Waals surface area contributed by atoms with Gasteiger partial charge in [-0.05, 0) is 6.42 Å². The molecule has 0 bridgehead atoms. The number of anilines is 1. The topological polar surface area (TPSA) is 68.5 Å². The number of aromatic nitrogens is 1. The summed E-state index contributed by atoms with van der Waals surface area (Å²) in [6.07, 6.45) is 1.04. The summed E-state index contributed by atoms with van der Waals surface area (Å²) < 4.78 is 5.55. The maximum Gasteiger partial charge on any atom is 0.276 e. The number of pyridine rings is 1. The average molecular weight is 272 g/mol. The van der Waals surface area contributed by atoms with Crippen molar-refractivity contribution in [2.24, 2.45) is 0 Å². The number of morpholine rings is 1. The predicted molar refractivity (Wildman–Crippen MR) is 68.1 cm³/mol. The Hall–Kier alpha value is -1.40. The highest BCUT2D eigenvalue weighted by molar-refractivity contribution is 6.29. The van der Waals surface area contributed by atoms with Crippen LogP contribution in [0.25, 0.3) is 0 Å². The largest absolute Gasteiger partial charge is 0.375 e. The summed E-state index contributed by atoms with van der Waals surface area (Å²) in [5.41, 5.74) is -0.0375. The second-order valence-electron chi connectivity index (χ2n) is 4.11. The summed E-state index contributed by atoms with van der Waals surface area (Å²) in [6.45, 7) is 3.99. The van der Waals surface area contributed by atoms with Crippen LogP contribution in [0.4, 0.5) is 11.5 Å². The zero-order chi connectivity index (χ0) is 13.1. The molecule has 0 N–H and O–H groups in total. The van der Waals surface area contributed by atoms with Crippen LogP contribution in [-0.4, -0.2) is 35.7 Å². The lowest BCUT2D eigenvalue weighted by Crippen LogP contribution is -2.42. The van der Waals surface area contributed by atoms with Crippen LogP contribution in [0.2, 0.25) is 5.15 Å². The van der Waals surface area contributed by atoms with E-state index in [1.165, 1.54) is 12.1 Å². The molecule has 0 radical (unpaired) electrons. The summed E-state index contributed by atoms with van der Waals surface area (Å²) >= 11 is 5.81. The lowest BCUT2D eigenvalue weighted by atomic mass is 10.2. The second kappa shape index (κ2) is 5.49. The molecule has 1 aromatic heterocycles. The Morgan fingerprint density at radius 2 is 2.44 bits per heavy atom. The van der Waals surface area contributed by atoms with Crippen molar-refractivity contribution >= 4 is 23.1 Å². The fourth-order valence-electron chi connectivity index (χ4n) is 1.91. The first-order chi connectivity index (χ1) is 8.60. The Morgan fingerprint density at radius 3 is 3.11 bits per heavy atom. The molecule has 0 spiro atoms. The monoisotopic (exact) mass is 271 g/mol. The molecule has 1 fully saturated rings. The van der Waals surface area contributed by atoms with Crippen molar-refractivity contribution in [3.05, 3.63) is 27.4 Å². The zero-order valence-corrected chi connectivity index (χ0v) is 10.8. The number of rotatable bonds is 3. The fourth-order valence-corrected chi connectivity index (χ4v) is 2.11. The van der Waals surface area contributed by atoms with Gasteiger partial charge in [0.15, 0.2) is 0 Å². The van der Waals surface area contributed by atoms with Crippen molar-refractivity contribution < 1.29 is 9.66 Å². The van der Waals surface area contributed by atoms with Gasteiger partial charge in [-0.2, -0.15) is 0 Å². The van der Waals surface area contributed by atoms with E-state index in [-0.39, 0.29) is 16.9 Å². The molecule has 0 aliphatic carbocycles. The first-order valence-electron chi connectivity index (χ1n) is 5.78. The molecule has 1 aliphatic heterocycles. The Kier molecular flexibility index (Phi) is 3.98. The molecular weight excluding hydrogens is 258 g/mol. The summed E-state index contributed by atoms with van der Waals surface area (Å²) in [5.74, 6) is 0.538. The van der Waals surface area contributed by atoms with Crippen LogP contribution >= 0.6 is 11.6 Å². The molecule has 6 nitrogen and oxygen atoms in total. The van der Waals surface area contributed by atoms with Gasteiger partial charge in [0.05, 0.1) is 29.8 Å². The molecule has 98 valence electrons. The SMILES string of the molecule is CCC1CN(c2cc([N+](=O)[O-])cc(Cl)n2)CCO1. The van der Waals surface area contributed by atoms with Crippen LogP contribution in [-0.2, 0) is 4.74 Å². The highest BCUT2D eigenvalue weighted by Crippen LogP contribution is 2.24. The van der Waals surface area contributed by atoms with E-state index in [4.69, 9.17) is 16.3 Å². The minimum Gasteiger partial charge on any atom is -0.375 e. The van der Waals surface area contributed by atoms with Gasteiger partial charge in [0.1, 0.15) is 11.0 Å².